The van der Waals surface area contributed by atoms with Gasteiger partial charge < -0.3 is 24.1 Å². The van der Waals surface area contributed by atoms with E-state index in [9.17, 15) is 0 Å². The Kier molecular flexibility index (Phi) is 7.77. The molecule has 6 nitrogen and oxygen atoms in total. The van der Waals surface area contributed by atoms with Crippen molar-refractivity contribution in [1.29, 1.82) is 0 Å². The van der Waals surface area contributed by atoms with Crippen molar-refractivity contribution in [2.24, 2.45) is 11.8 Å². The molecular weight excluding hydrogens is 478 g/mol. The van der Waals surface area contributed by atoms with E-state index in [4.69, 9.17) is 24.1 Å². The van der Waals surface area contributed by atoms with Crippen LogP contribution in [0, 0.1) is 18.8 Å². The van der Waals surface area contributed by atoms with Gasteiger partial charge in [-0.2, -0.15) is 0 Å². The van der Waals surface area contributed by atoms with Crippen LogP contribution in [0.15, 0.2) is 48.0 Å². The second-order valence-electron chi connectivity index (χ2n) is 11.4. The van der Waals surface area contributed by atoms with Crippen LogP contribution in [0.3, 0.4) is 0 Å². The van der Waals surface area contributed by atoms with Crippen LogP contribution >= 0.6 is 0 Å². The number of aliphatic hydroxyl groups is 1. The molecule has 0 bridgehead atoms. The van der Waals surface area contributed by atoms with Crippen LogP contribution in [0.5, 0.6) is 17.2 Å². The molecule has 1 spiro atoms. The highest BCUT2D eigenvalue weighted by atomic mass is 16.6. The first-order chi connectivity index (χ1) is 18.4. The molecule has 1 N–H and O–H groups in total. The number of hydrogen-bond acceptors (Lipinski definition) is 6. The van der Waals surface area contributed by atoms with Crippen molar-refractivity contribution in [3.63, 3.8) is 0 Å². The fourth-order valence-corrected chi connectivity index (χ4v) is 7.04. The summed E-state index contributed by atoms with van der Waals surface area (Å²) < 4.78 is 23.3. The minimum atomic E-state index is -0.0341. The standard InChI is InChI=1S/C24H33NO3.C8H10O2/c1-14-6-9-19(26-4)22-20(14)24-10-11-25(13-17-7-8-17)16(3)18(24)12-15(2)21(27-5)23(24)28-22;1-10-8-4-2-7(6-9)3-5-8/h6,9,12,16-18,21,23H,7-8,10-11,13H2,1-5H3;2-5,9H,6H2,1H3/t16?,18?,21?,23-,24?;/m0./s1. The van der Waals surface area contributed by atoms with Crippen LogP contribution in [0.4, 0.5) is 0 Å². The Morgan fingerprint density at radius 2 is 1.76 bits per heavy atom. The van der Waals surface area contributed by atoms with E-state index < -0.39 is 0 Å². The molecule has 4 aliphatic rings. The fraction of sp³-hybridized carbons (Fsp3) is 0.562. The van der Waals surface area contributed by atoms with Gasteiger partial charge >= 0.3 is 0 Å². The Bertz CT molecular complexity index is 1130. The molecule has 2 aromatic rings. The predicted molar refractivity (Wildman–Crippen MR) is 149 cm³/mol. The molecule has 1 saturated carbocycles. The van der Waals surface area contributed by atoms with E-state index in [0.29, 0.717) is 12.0 Å². The van der Waals surface area contributed by atoms with Crippen molar-refractivity contribution in [2.75, 3.05) is 34.4 Å². The van der Waals surface area contributed by atoms with Gasteiger partial charge in [-0.1, -0.05) is 24.3 Å². The number of fused-ring (bicyclic) bond motifs is 1. The van der Waals surface area contributed by atoms with Gasteiger partial charge in [0, 0.05) is 36.6 Å². The molecule has 0 aromatic heterocycles. The second-order valence-corrected chi connectivity index (χ2v) is 11.4. The maximum Gasteiger partial charge on any atom is 0.165 e. The Morgan fingerprint density at radius 1 is 1.03 bits per heavy atom. The minimum absolute atomic E-state index is 0.00469. The van der Waals surface area contributed by atoms with Gasteiger partial charge in [0.25, 0.3) is 0 Å². The third-order valence-electron chi connectivity index (χ3n) is 9.22. The van der Waals surface area contributed by atoms with Crippen LogP contribution < -0.4 is 14.2 Å². The van der Waals surface area contributed by atoms with Crippen molar-refractivity contribution in [1.82, 2.24) is 4.90 Å². The lowest BCUT2D eigenvalue weighted by molar-refractivity contribution is -0.0616. The third kappa shape index (κ3) is 4.61. The van der Waals surface area contributed by atoms with Crippen molar-refractivity contribution in [3.05, 3.63) is 64.7 Å². The molecule has 4 unspecified atom stereocenters. The molecule has 206 valence electrons. The number of rotatable bonds is 6. The summed E-state index contributed by atoms with van der Waals surface area (Å²) >= 11 is 0. The average molecular weight is 522 g/mol. The van der Waals surface area contributed by atoms with Crippen LogP contribution in [0.2, 0.25) is 0 Å². The van der Waals surface area contributed by atoms with Gasteiger partial charge in [-0.15, -0.1) is 0 Å². The van der Waals surface area contributed by atoms with Gasteiger partial charge in [0.1, 0.15) is 18.0 Å². The molecule has 0 radical (unpaired) electrons. The smallest absolute Gasteiger partial charge is 0.165 e. The molecule has 2 heterocycles. The fourth-order valence-electron chi connectivity index (χ4n) is 7.04. The monoisotopic (exact) mass is 521 g/mol. The quantitative estimate of drug-likeness (QED) is 0.522. The van der Waals surface area contributed by atoms with Crippen LogP contribution in [-0.4, -0.2) is 62.7 Å². The van der Waals surface area contributed by atoms with Crippen LogP contribution in [0.1, 0.15) is 49.8 Å². The third-order valence-corrected chi connectivity index (χ3v) is 9.22. The Labute approximate surface area is 227 Å². The van der Waals surface area contributed by atoms with E-state index in [1.54, 1.807) is 14.2 Å². The zero-order valence-corrected chi connectivity index (χ0v) is 23.7. The topological polar surface area (TPSA) is 60.4 Å². The maximum absolute atomic E-state index is 8.66. The van der Waals surface area contributed by atoms with Crippen molar-refractivity contribution < 1.29 is 24.1 Å². The SMILES string of the molecule is COc1ccc(C)c2c1O[C@H]1C(OC)C(C)=CC3C(C)N(CC4CC4)CCC231.COc1ccc(CO)cc1. The molecule has 5 atom stereocenters. The summed E-state index contributed by atoms with van der Waals surface area (Å²) in [6.45, 7) is 9.34. The zero-order chi connectivity index (χ0) is 27.0. The molecule has 2 aliphatic heterocycles. The number of ether oxygens (including phenoxy) is 4. The molecule has 2 aliphatic carbocycles. The first-order valence-electron chi connectivity index (χ1n) is 13.9. The Hall–Kier alpha value is -2.54. The molecule has 1 saturated heterocycles. The number of likely N-dealkylation sites (tertiary alicyclic amines) is 1. The van der Waals surface area contributed by atoms with Gasteiger partial charge in [-0.05, 0) is 87.4 Å². The molecule has 2 aromatic carbocycles. The Balaban J connectivity index is 0.000000249. The number of hydrogen-bond donors (Lipinski definition) is 1. The number of methoxy groups -OCH3 is 3. The van der Waals surface area contributed by atoms with E-state index in [0.717, 1.165) is 41.7 Å². The zero-order valence-electron chi connectivity index (χ0n) is 23.7. The summed E-state index contributed by atoms with van der Waals surface area (Å²) in [5, 5.41) is 8.66. The number of aryl methyl sites for hydroxylation is 1. The summed E-state index contributed by atoms with van der Waals surface area (Å²) in [4.78, 5) is 2.73. The summed E-state index contributed by atoms with van der Waals surface area (Å²) in [5.41, 5.74) is 4.85. The highest BCUT2D eigenvalue weighted by Gasteiger charge is 2.63. The number of nitrogens with zero attached hydrogens (tertiary/aromatic N) is 1. The van der Waals surface area contributed by atoms with E-state index >= 15 is 0 Å². The highest BCUT2D eigenvalue weighted by Crippen LogP contribution is 2.61. The largest absolute Gasteiger partial charge is 0.497 e. The average Bonchev–Trinajstić information content (AvgIpc) is 3.69. The molecule has 0 amide bonds. The Morgan fingerprint density at radius 3 is 2.37 bits per heavy atom. The number of aliphatic hydroxyl groups excluding tert-OH is 1. The molecule has 38 heavy (non-hydrogen) atoms. The van der Waals surface area contributed by atoms with Crippen LogP contribution in [-0.2, 0) is 16.8 Å². The maximum atomic E-state index is 8.66. The minimum Gasteiger partial charge on any atom is -0.497 e. The summed E-state index contributed by atoms with van der Waals surface area (Å²) in [7, 11) is 5.18. The lowest BCUT2D eigenvalue weighted by Crippen LogP contribution is -2.63. The summed E-state index contributed by atoms with van der Waals surface area (Å²) in [6, 6.07) is 12.1. The van der Waals surface area contributed by atoms with Crippen LogP contribution in [0.25, 0.3) is 0 Å². The predicted octanol–water partition coefficient (Wildman–Crippen LogP) is 5.29. The van der Waals surface area contributed by atoms with Gasteiger partial charge in [0.2, 0.25) is 0 Å². The second kappa shape index (κ2) is 10.9. The lowest BCUT2D eigenvalue weighted by Gasteiger charge is -2.55. The highest BCUT2D eigenvalue weighted by molar-refractivity contribution is 5.60. The summed E-state index contributed by atoms with van der Waals surface area (Å²) in [5.74, 6) is 3.97. The van der Waals surface area contributed by atoms with E-state index in [-0.39, 0.29) is 24.2 Å². The molecular formula is C32H43NO5. The van der Waals surface area contributed by atoms with Crippen molar-refractivity contribution in [2.45, 2.75) is 70.3 Å². The first kappa shape index (κ1) is 27.0. The summed E-state index contributed by atoms with van der Waals surface area (Å²) in [6.07, 6.45) is 6.45. The van der Waals surface area contributed by atoms with Crippen molar-refractivity contribution in [3.8, 4) is 17.2 Å². The molecule has 2 fully saturated rings. The van der Waals surface area contributed by atoms with Gasteiger partial charge in [-0.3, -0.25) is 4.90 Å². The first-order valence-corrected chi connectivity index (χ1v) is 13.9. The number of piperidine rings is 1. The molecule has 6 rings (SSSR count). The number of benzene rings is 2. The van der Waals surface area contributed by atoms with Crippen molar-refractivity contribution >= 4 is 0 Å². The van der Waals surface area contributed by atoms with Gasteiger partial charge in [0.05, 0.1) is 20.8 Å². The van der Waals surface area contributed by atoms with E-state index in [1.807, 2.05) is 37.4 Å². The van der Waals surface area contributed by atoms with Gasteiger partial charge in [0.15, 0.2) is 11.5 Å². The normalized spacial score (nSPS) is 29.6. The van der Waals surface area contributed by atoms with Gasteiger partial charge in [-0.25, -0.2) is 0 Å². The lowest BCUT2D eigenvalue weighted by atomic mass is 9.56. The van der Waals surface area contributed by atoms with E-state index in [2.05, 4.69) is 37.8 Å². The van der Waals surface area contributed by atoms with E-state index in [1.165, 1.54) is 36.1 Å². The molecule has 6 heteroatoms.